The first-order valence-electron chi connectivity index (χ1n) is 6.40. The summed E-state index contributed by atoms with van der Waals surface area (Å²) in [4.78, 5) is 24.3. The number of carbonyl (C=O) groups is 2. The van der Waals surface area contributed by atoms with E-state index in [9.17, 15) is 9.59 Å². The summed E-state index contributed by atoms with van der Waals surface area (Å²) >= 11 is 0. The topological polar surface area (TPSA) is 52.6 Å². The second kappa shape index (κ2) is 5.25. The number of benzene rings is 2. The van der Waals surface area contributed by atoms with Crippen molar-refractivity contribution in [2.45, 2.75) is 0 Å². The zero-order valence-electron chi connectivity index (χ0n) is 11.3. The van der Waals surface area contributed by atoms with Crippen LogP contribution in [0.4, 0.5) is 0 Å². The third-order valence-corrected chi connectivity index (χ3v) is 3.23. The van der Waals surface area contributed by atoms with Crippen LogP contribution in [-0.4, -0.2) is 18.9 Å². The molecule has 0 spiro atoms. The van der Waals surface area contributed by atoms with Gasteiger partial charge in [-0.2, -0.15) is 0 Å². The average molecular weight is 280 g/mol. The quantitative estimate of drug-likeness (QED) is 0.367. The normalized spacial score (nSPS) is 15.6. The minimum atomic E-state index is -0.630. The van der Waals surface area contributed by atoms with Gasteiger partial charge in [0, 0.05) is 0 Å². The first kappa shape index (κ1) is 13.1. The van der Waals surface area contributed by atoms with E-state index in [-0.39, 0.29) is 11.4 Å². The minimum absolute atomic E-state index is 0.0267. The number of ether oxygens (including phenoxy) is 2. The van der Waals surface area contributed by atoms with Crippen LogP contribution in [0.25, 0.3) is 6.08 Å². The van der Waals surface area contributed by atoms with Crippen LogP contribution in [0, 0.1) is 0 Å². The van der Waals surface area contributed by atoms with Gasteiger partial charge in [0.2, 0.25) is 5.78 Å². The lowest BCUT2D eigenvalue weighted by molar-refractivity contribution is -0.130. The summed E-state index contributed by atoms with van der Waals surface area (Å²) in [5.41, 5.74) is 1.16. The lowest BCUT2D eigenvalue weighted by Crippen LogP contribution is -2.24. The number of rotatable bonds is 2. The second-order valence-electron chi connectivity index (χ2n) is 4.55. The van der Waals surface area contributed by atoms with Crippen molar-refractivity contribution in [1.29, 1.82) is 0 Å². The lowest BCUT2D eigenvalue weighted by atomic mass is 9.98. The molecule has 1 aliphatic heterocycles. The number of methoxy groups -OCH3 is 1. The standard InChI is InChI=1S/C17H12O4/c1-20-12-8-6-11(7-9-12)10-14-16(18)13-4-2-3-5-15(13)21-17(14)19/h2-10H,1H3/b14-10+. The molecule has 0 radical (unpaired) electrons. The van der Waals surface area contributed by atoms with E-state index in [4.69, 9.17) is 9.47 Å². The molecule has 0 unspecified atom stereocenters. The summed E-state index contributed by atoms with van der Waals surface area (Å²) in [5, 5.41) is 0. The van der Waals surface area contributed by atoms with Crippen molar-refractivity contribution >= 4 is 17.8 Å². The number of Topliss-reactive ketones (excluding diaryl/α,β-unsaturated/α-hetero) is 1. The van der Waals surface area contributed by atoms with E-state index in [2.05, 4.69) is 0 Å². The molecular formula is C17H12O4. The molecule has 0 bridgehead atoms. The van der Waals surface area contributed by atoms with Crippen LogP contribution in [0.15, 0.2) is 54.1 Å². The van der Waals surface area contributed by atoms with Crippen molar-refractivity contribution in [1.82, 2.24) is 0 Å². The van der Waals surface area contributed by atoms with Gasteiger partial charge in [0.1, 0.15) is 17.1 Å². The number of para-hydroxylation sites is 1. The Morgan fingerprint density at radius 1 is 1.00 bits per heavy atom. The Bertz CT molecular complexity index is 742. The monoisotopic (exact) mass is 280 g/mol. The van der Waals surface area contributed by atoms with Crippen LogP contribution in [0.3, 0.4) is 0 Å². The maximum Gasteiger partial charge on any atom is 0.347 e. The molecule has 4 heteroatoms. The molecule has 2 aromatic carbocycles. The van der Waals surface area contributed by atoms with Crippen LogP contribution in [0.5, 0.6) is 11.5 Å². The predicted octanol–water partition coefficient (Wildman–Crippen LogP) is 2.88. The Hall–Kier alpha value is -2.88. The van der Waals surface area contributed by atoms with E-state index in [0.717, 1.165) is 5.56 Å². The van der Waals surface area contributed by atoms with Crippen LogP contribution >= 0.6 is 0 Å². The van der Waals surface area contributed by atoms with Crippen molar-refractivity contribution in [3.8, 4) is 11.5 Å². The Labute approximate surface area is 121 Å². The number of hydrogen-bond donors (Lipinski definition) is 0. The van der Waals surface area contributed by atoms with Gasteiger partial charge < -0.3 is 9.47 Å². The Kier molecular flexibility index (Phi) is 3.28. The van der Waals surface area contributed by atoms with Crippen molar-refractivity contribution in [3.63, 3.8) is 0 Å². The number of carbonyl (C=O) groups excluding carboxylic acids is 2. The van der Waals surface area contributed by atoms with E-state index in [1.807, 2.05) is 0 Å². The third-order valence-electron chi connectivity index (χ3n) is 3.23. The molecule has 0 saturated carbocycles. The molecule has 0 fully saturated rings. The molecule has 3 rings (SSSR count). The maximum absolute atomic E-state index is 12.4. The van der Waals surface area contributed by atoms with E-state index >= 15 is 0 Å². The molecule has 104 valence electrons. The highest BCUT2D eigenvalue weighted by molar-refractivity contribution is 6.30. The zero-order chi connectivity index (χ0) is 14.8. The number of hydrogen-bond acceptors (Lipinski definition) is 4. The number of ketones is 1. The number of esters is 1. The first-order valence-corrected chi connectivity index (χ1v) is 6.40. The molecule has 1 aliphatic rings. The fourth-order valence-electron chi connectivity index (χ4n) is 2.13. The van der Waals surface area contributed by atoms with Gasteiger partial charge in [-0.3, -0.25) is 4.79 Å². The summed E-state index contributed by atoms with van der Waals surface area (Å²) in [5.74, 6) is 0.0617. The van der Waals surface area contributed by atoms with Crippen LogP contribution in [0.2, 0.25) is 0 Å². The van der Waals surface area contributed by atoms with Gasteiger partial charge in [-0.05, 0) is 35.9 Å². The van der Waals surface area contributed by atoms with E-state index in [1.165, 1.54) is 6.08 Å². The molecule has 4 nitrogen and oxygen atoms in total. The van der Waals surface area contributed by atoms with Gasteiger partial charge in [-0.15, -0.1) is 0 Å². The van der Waals surface area contributed by atoms with E-state index < -0.39 is 5.97 Å². The molecule has 21 heavy (non-hydrogen) atoms. The third kappa shape index (κ3) is 2.43. The van der Waals surface area contributed by atoms with Gasteiger partial charge in [0.15, 0.2) is 0 Å². The molecule has 0 amide bonds. The second-order valence-corrected chi connectivity index (χ2v) is 4.55. The first-order chi connectivity index (χ1) is 10.2. The summed E-state index contributed by atoms with van der Waals surface area (Å²) in [6.45, 7) is 0. The van der Waals surface area contributed by atoms with Gasteiger partial charge in [-0.1, -0.05) is 24.3 Å². The minimum Gasteiger partial charge on any atom is -0.497 e. The summed E-state index contributed by atoms with van der Waals surface area (Å²) in [6, 6.07) is 13.8. The smallest absolute Gasteiger partial charge is 0.347 e. The van der Waals surface area contributed by atoms with Crippen LogP contribution < -0.4 is 9.47 Å². The fraction of sp³-hybridized carbons (Fsp3) is 0.0588. The molecule has 0 saturated heterocycles. The van der Waals surface area contributed by atoms with Gasteiger partial charge in [-0.25, -0.2) is 4.79 Å². The van der Waals surface area contributed by atoms with Crippen molar-refractivity contribution in [2.75, 3.05) is 7.11 Å². The van der Waals surface area contributed by atoms with Crippen molar-refractivity contribution < 1.29 is 19.1 Å². The predicted molar refractivity (Wildman–Crippen MR) is 77.4 cm³/mol. The summed E-state index contributed by atoms with van der Waals surface area (Å²) in [7, 11) is 1.58. The Morgan fingerprint density at radius 3 is 2.43 bits per heavy atom. The lowest BCUT2D eigenvalue weighted by Gasteiger charge is -2.16. The molecule has 1 heterocycles. The summed E-state index contributed by atoms with van der Waals surface area (Å²) < 4.78 is 10.2. The largest absolute Gasteiger partial charge is 0.497 e. The SMILES string of the molecule is COc1ccc(/C=C2/C(=O)Oc3ccccc3C2=O)cc1. The molecule has 2 aromatic rings. The zero-order valence-corrected chi connectivity index (χ0v) is 11.3. The fourth-order valence-corrected chi connectivity index (χ4v) is 2.13. The molecular weight excluding hydrogens is 268 g/mol. The van der Waals surface area contributed by atoms with Gasteiger partial charge in [0.05, 0.1) is 12.7 Å². The highest BCUT2D eigenvalue weighted by atomic mass is 16.5. The summed E-state index contributed by atoms with van der Waals surface area (Å²) in [6.07, 6.45) is 1.53. The van der Waals surface area contributed by atoms with Crippen LogP contribution in [-0.2, 0) is 4.79 Å². The Balaban J connectivity index is 2.00. The molecule has 0 aromatic heterocycles. The average Bonchev–Trinajstić information content (AvgIpc) is 2.52. The Morgan fingerprint density at radius 2 is 1.71 bits per heavy atom. The molecule has 0 aliphatic carbocycles. The molecule has 0 N–H and O–H groups in total. The number of fused-ring (bicyclic) bond motifs is 1. The van der Waals surface area contributed by atoms with Gasteiger partial charge in [0.25, 0.3) is 0 Å². The van der Waals surface area contributed by atoms with E-state index in [1.54, 1.807) is 55.6 Å². The van der Waals surface area contributed by atoms with Crippen molar-refractivity contribution in [2.24, 2.45) is 0 Å². The molecule has 0 atom stereocenters. The van der Waals surface area contributed by atoms with Crippen LogP contribution in [0.1, 0.15) is 15.9 Å². The van der Waals surface area contributed by atoms with Crippen molar-refractivity contribution in [3.05, 3.63) is 65.2 Å². The highest BCUT2D eigenvalue weighted by Crippen LogP contribution is 2.28. The highest BCUT2D eigenvalue weighted by Gasteiger charge is 2.30. The van der Waals surface area contributed by atoms with Gasteiger partial charge >= 0.3 is 5.97 Å². The van der Waals surface area contributed by atoms with E-state index in [0.29, 0.717) is 17.1 Å². The maximum atomic E-state index is 12.4.